The van der Waals surface area contributed by atoms with Crippen molar-refractivity contribution in [3.05, 3.63) is 39.6 Å². The van der Waals surface area contributed by atoms with Gasteiger partial charge in [0.15, 0.2) is 0 Å². The zero-order valence-corrected chi connectivity index (χ0v) is 15.6. The minimum Gasteiger partial charge on any atom is -0.507 e. The van der Waals surface area contributed by atoms with Crippen molar-refractivity contribution in [2.75, 3.05) is 6.61 Å². The number of carbonyl (C=O) groups excluding carboxylic acids is 1. The Bertz CT molecular complexity index is 1010. The highest BCUT2D eigenvalue weighted by atomic mass is 32.1. The molecular weight excluding hydrogens is 395 g/mol. The number of aromatic carboxylic acids is 1. The molecule has 0 bridgehead atoms. The molecule has 2 heterocycles. The zero-order chi connectivity index (χ0) is 19.6. The lowest BCUT2D eigenvalue weighted by molar-refractivity contribution is -0.112. The summed E-state index contributed by atoms with van der Waals surface area (Å²) in [7, 11) is 0. The Morgan fingerprint density at radius 3 is 2.85 bits per heavy atom. The second-order valence-corrected chi connectivity index (χ2v) is 7.34. The molecule has 140 valence electrons. The van der Waals surface area contributed by atoms with Gasteiger partial charge >= 0.3 is 5.97 Å². The minimum absolute atomic E-state index is 0.0100. The molecule has 7 nitrogen and oxygen atoms in total. The minimum atomic E-state index is -1.41. The van der Waals surface area contributed by atoms with Gasteiger partial charge in [0, 0.05) is 10.9 Å². The Morgan fingerprint density at radius 2 is 2.15 bits per heavy atom. The summed E-state index contributed by atoms with van der Waals surface area (Å²) in [5, 5.41) is 21.5. The summed E-state index contributed by atoms with van der Waals surface area (Å²) < 4.78 is 19.4. The van der Waals surface area contributed by atoms with Crippen LogP contribution in [0, 0.1) is 12.7 Å². The van der Waals surface area contributed by atoms with Crippen molar-refractivity contribution in [2.45, 2.75) is 13.5 Å². The summed E-state index contributed by atoms with van der Waals surface area (Å²) in [5.74, 6) is -2.73. The van der Waals surface area contributed by atoms with Crippen LogP contribution in [-0.2, 0) is 16.1 Å². The number of carbonyl (C=O) groups is 2. The number of rotatable bonds is 7. The van der Waals surface area contributed by atoms with Crippen molar-refractivity contribution < 1.29 is 28.9 Å². The Balaban J connectivity index is 1.91. The van der Waals surface area contributed by atoms with Gasteiger partial charge in [0.2, 0.25) is 0 Å². The number of benzene rings is 1. The lowest BCUT2D eigenvalue weighted by atomic mass is 10.1. The van der Waals surface area contributed by atoms with Crippen LogP contribution in [0.2, 0.25) is 0 Å². The number of aldehydes is 1. The number of thiazole rings is 2. The maximum atomic E-state index is 14.3. The third-order valence-electron chi connectivity index (χ3n) is 3.54. The predicted molar refractivity (Wildman–Crippen MR) is 97.7 cm³/mol. The number of hydrogen-bond donors (Lipinski definition) is 2. The van der Waals surface area contributed by atoms with E-state index in [4.69, 9.17) is 9.84 Å². The molecule has 0 fully saturated rings. The first-order valence-electron chi connectivity index (χ1n) is 7.60. The Kier molecular flexibility index (Phi) is 5.59. The van der Waals surface area contributed by atoms with E-state index in [1.807, 2.05) is 6.92 Å². The first-order chi connectivity index (χ1) is 12.9. The summed E-state index contributed by atoms with van der Waals surface area (Å²) in [4.78, 5) is 30.8. The van der Waals surface area contributed by atoms with Gasteiger partial charge in [-0.25, -0.2) is 19.2 Å². The fourth-order valence-corrected chi connectivity index (χ4v) is 4.21. The Hall–Kier alpha value is -2.69. The average Bonchev–Trinajstić information content (AvgIpc) is 3.23. The van der Waals surface area contributed by atoms with Crippen LogP contribution < -0.4 is 0 Å². The van der Waals surface area contributed by atoms with Crippen molar-refractivity contribution in [3.8, 4) is 26.9 Å². The molecule has 3 rings (SSSR count). The monoisotopic (exact) mass is 408 g/mol. The first kappa shape index (κ1) is 19.1. The molecule has 3 aromatic rings. The van der Waals surface area contributed by atoms with Crippen molar-refractivity contribution in [3.63, 3.8) is 0 Å². The molecule has 0 saturated carbocycles. The summed E-state index contributed by atoms with van der Waals surface area (Å²) in [6, 6.07) is 1.83. The van der Waals surface area contributed by atoms with Gasteiger partial charge in [-0.15, -0.1) is 22.7 Å². The number of carboxylic acids is 1. The van der Waals surface area contributed by atoms with Gasteiger partial charge in [0.05, 0.1) is 22.9 Å². The number of aryl methyl sites for hydroxylation is 1. The molecule has 0 aliphatic heterocycles. The number of phenols is 1. The molecule has 2 N–H and O–H groups in total. The van der Waals surface area contributed by atoms with E-state index in [1.165, 1.54) is 22.7 Å². The van der Waals surface area contributed by atoms with Crippen LogP contribution in [0.1, 0.15) is 21.1 Å². The lowest BCUT2D eigenvalue weighted by Crippen LogP contribution is -1.98. The lowest BCUT2D eigenvalue weighted by Gasteiger charge is -2.04. The standard InChI is InChI=1S/C17H13FN2O5S2/c1-8-15(27-14(19-8)6-25-3-2-21)12-7-26-16(20-12)9-5-13(22)10(17(23)24)4-11(9)18/h2,4-5,7,22H,3,6H2,1H3,(H,23,24). The van der Waals surface area contributed by atoms with Crippen molar-refractivity contribution in [1.29, 1.82) is 0 Å². The number of aromatic hydroxyl groups is 1. The topological polar surface area (TPSA) is 110 Å². The number of ether oxygens (including phenoxy) is 1. The molecule has 0 aliphatic carbocycles. The van der Waals surface area contributed by atoms with Gasteiger partial charge < -0.3 is 19.7 Å². The van der Waals surface area contributed by atoms with Crippen molar-refractivity contribution in [1.82, 2.24) is 9.97 Å². The molecule has 10 heteroatoms. The fraction of sp³-hybridized carbons (Fsp3) is 0.176. The molecule has 2 aromatic heterocycles. The average molecular weight is 408 g/mol. The van der Waals surface area contributed by atoms with E-state index in [0.29, 0.717) is 22.0 Å². The Morgan fingerprint density at radius 1 is 1.37 bits per heavy atom. The molecule has 0 aliphatic rings. The highest BCUT2D eigenvalue weighted by Gasteiger charge is 2.19. The third-order valence-corrected chi connectivity index (χ3v) is 5.56. The van der Waals surface area contributed by atoms with Gasteiger partial charge in [-0.2, -0.15) is 0 Å². The highest BCUT2D eigenvalue weighted by Crippen LogP contribution is 2.36. The summed E-state index contributed by atoms with van der Waals surface area (Å²) in [6.45, 7) is 2.01. The maximum absolute atomic E-state index is 14.3. The van der Waals surface area contributed by atoms with E-state index in [1.54, 1.807) is 5.38 Å². The largest absolute Gasteiger partial charge is 0.507 e. The van der Waals surface area contributed by atoms with E-state index < -0.39 is 23.1 Å². The van der Waals surface area contributed by atoms with Crippen LogP contribution >= 0.6 is 22.7 Å². The van der Waals surface area contributed by atoms with Crippen LogP contribution in [0.25, 0.3) is 21.1 Å². The second kappa shape index (κ2) is 7.91. The quantitative estimate of drug-likeness (QED) is 0.455. The summed E-state index contributed by atoms with van der Waals surface area (Å²) in [5.41, 5.74) is 0.829. The van der Waals surface area contributed by atoms with E-state index in [9.17, 15) is 19.1 Å². The van der Waals surface area contributed by atoms with Crippen LogP contribution in [0.5, 0.6) is 5.75 Å². The van der Waals surface area contributed by atoms with E-state index >= 15 is 0 Å². The molecule has 27 heavy (non-hydrogen) atoms. The molecule has 0 spiro atoms. The van der Waals surface area contributed by atoms with Crippen LogP contribution in [0.3, 0.4) is 0 Å². The van der Waals surface area contributed by atoms with E-state index in [0.717, 1.165) is 22.7 Å². The number of aromatic nitrogens is 2. The molecule has 1 aromatic carbocycles. The van der Waals surface area contributed by atoms with Crippen LogP contribution in [-0.4, -0.2) is 39.0 Å². The summed E-state index contributed by atoms with van der Waals surface area (Å²) >= 11 is 2.52. The number of nitrogens with zero attached hydrogens (tertiary/aromatic N) is 2. The maximum Gasteiger partial charge on any atom is 0.339 e. The SMILES string of the molecule is Cc1nc(COCC=O)sc1-c1csc(-c2cc(O)c(C(=O)O)cc2F)n1. The van der Waals surface area contributed by atoms with E-state index in [2.05, 4.69) is 9.97 Å². The van der Waals surface area contributed by atoms with Crippen molar-refractivity contribution >= 4 is 34.9 Å². The van der Waals surface area contributed by atoms with Crippen LogP contribution in [0.15, 0.2) is 17.5 Å². The predicted octanol–water partition coefficient (Wildman–Crippen LogP) is 3.50. The molecular formula is C17H13FN2O5S2. The van der Waals surface area contributed by atoms with Crippen molar-refractivity contribution in [2.24, 2.45) is 0 Å². The van der Waals surface area contributed by atoms with Gasteiger partial charge in [0.1, 0.15) is 40.0 Å². The second-order valence-electron chi connectivity index (χ2n) is 5.40. The molecule has 0 saturated heterocycles. The number of hydrogen-bond acceptors (Lipinski definition) is 8. The zero-order valence-electron chi connectivity index (χ0n) is 13.9. The van der Waals surface area contributed by atoms with Gasteiger partial charge in [-0.1, -0.05) is 0 Å². The molecule has 0 atom stereocenters. The molecule has 0 amide bonds. The number of halogens is 1. The number of carboxylic acid groups (broad SMARTS) is 1. The van der Waals surface area contributed by atoms with Gasteiger partial charge in [-0.3, -0.25) is 0 Å². The Labute approximate surface area is 160 Å². The fourth-order valence-electron chi connectivity index (χ4n) is 2.34. The smallest absolute Gasteiger partial charge is 0.339 e. The normalized spacial score (nSPS) is 10.9. The van der Waals surface area contributed by atoms with Gasteiger partial charge in [-0.05, 0) is 19.1 Å². The van der Waals surface area contributed by atoms with Gasteiger partial charge in [0.25, 0.3) is 0 Å². The molecule has 0 radical (unpaired) electrons. The third kappa shape index (κ3) is 4.02. The summed E-state index contributed by atoms with van der Waals surface area (Å²) in [6.07, 6.45) is 0.660. The van der Waals surface area contributed by atoms with Crippen LogP contribution in [0.4, 0.5) is 4.39 Å². The first-order valence-corrected chi connectivity index (χ1v) is 9.30. The molecule has 0 unspecified atom stereocenters. The highest BCUT2D eigenvalue weighted by molar-refractivity contribution is 7.16. The van der Waals surface area contributed by atoms with E-state index in [-0.39, 0.29) is 18.8 Å².